The van der Waals surface area contributed by atoms with E-state index in [-0.39, 0.29) is 25.0 Å². The summed E-state index contributed by atoms with van der Waals surface area (Å²) >= 11 is 1.43. The van der Waals surface area contributed by atoms with Gasteiger partial charge in [0, 0.05) is 24.0 Å². The summed E-state index contributed by atoms with van der Waals surface area (Å²) in [5, 5.41) is 5.76. The molecule has 0 spiro atoms. The molecule has 0 unspecified atom stereocenters. The van der Waals surface area contributed by atoms with Crippen LogP contribution in [0.25, 0.3) is 11.0 Å². The number of anilines is 2. The minimum Gasteiger partial charge on any atom is -0.497 e. The van der Waals surface area contributed by atoms with Gasteiger partial charge in [0.1, 0.15) is 18.1 Å². The molecular weight excluding hydrogens is 464 g/mol. The second kappa shape index (κ2) is 11.6. The summed E-state index contributed by atoms with van der Waals surface area (Å²) in [6.45, 7) is 2.80. The fourth-order valence-corrected chi connectivity index (χ4v) is 4.34. The highest BCUT2D eigenvalue weighted by Crippen LogP contribution is 2.23. The molecule has 0 aliphatic rings. The molecule has 0 aliphatic heterocycles. The predicted octanol–water partition coefficient (Wildman–Crippen LogP) is 5.08. The number of nitrogens with zero attached hydrogens (tertiary/aromatic N) is 3. The molecule has 0 saturated carbocycles. The van der Waals surface area contributed by atoms with Crippen molar-refractivity contribution in [2.45, 2.75) is 45.8 Å². The Bertz CT molecular complexity index is 1350. The number of unbranched alkanes of at least 4 members (excludes halogenated alkanes) is 1. The zero-order valence-electron chi connectivity index (χ0n) is 19.8. The fourth-order valence-electron chi connectivity index (χ4n) is 3.62. The summed E-state index contributed by atoms with van der Waals surface area (Å²) in [5.41, 5.74) is 3.36. The smallest absolute Gasteiger partial charge is 0.306 e. The SMILES string of the molecule is CCCCn1c(=O)c(CCC(=O)OCc2csc(Nc3ccc(OC)cc3)n2)nc2ccccc21. The van der Waals surface area contributed by atoms with Crippen LogP contribution in [-0.2, 0) is 29.1 Å². The first kappa shape index (κ1) is 24.4. The Balaban J connectivity index is 1.33. The number of aromatic nitrogens is 3. The van der Waals surface area contributed by atoms with Crippen molar-refractivity contribution in [3.05, 3.63) is 75.7 Å². The second-order valence-electron chi connectivity index (χ2n) is 8.02. The molecule has 2 aromatic carbocycles. The molecule has 0 saturated heterocycles. The molecule has 2 heterocycles. The third-order valence-electron chi connectivity index (χ3n) is 5.50. The van der Waals surface area contributed by atoms with Crippen LogP contribution in [0.15, 0.2) is 58.7 Å². The van der Waals surface area contributed by atoms with Gasteiger partial charge in [-0.2, -0.15) is 0 Å². The number of fused-ring (bicyclic) bond motifs is 1. The molecule has 4 rings (SSSR count). The second-order valence-corrected chi connectivity index (χ2v) is 8.87. The van der Waals surface area contributed by atoms with E-state index < -0.39 is 5.97 Å². The van der Waals surface area contributed by atoms with Crippen LogP contribution in [0.3, 0.4) is 0 Å². The molecule has 0 amide bonds. The van der Waals surface area contributed by atoms with Gasteiger partial charge in [-0.15, -0.1) is 11.3 Å². The summed E-state index contributed by atoms with van der Waals surface area (Å²) in [6.07, 6.45) is 2.20. The van der Waals surface area contributed by atoms with Crippen molar-refractivity contribution in [2.24, 2.45) is 0 Å². The number of ether oxygens (including phenoxy) is 2. The fraction of sp³-hybridized carbons (Fsp3) is 0.308. The summed E-state index contributed by atoms with van der Waals surface area (Å²) < 4.78 is 12.3. The minimum atomic E-state index is -0.392. The molecule has 0 radical (unpaired) electrons. The van der Waals surface area contributed by atoms with Crippen LogP contribution in [0.2, 0.25) is 0 Å². The number of nitrogens with one attached hydrogen (secondary N) is 1. The van der Waals surface area contributed by atoms with Crippen LogP contribution in [0.4, 0.5) is 10.8 Å². The molecule has 4 aromatic rings. The first-order chi connectivity index (χ1) is 17.1. The van der Waals surface area contributed by atoms with E-state index in [9.17, 15) is 9.59 Å². The predicted molar refractivity (Wildman–Crippen MR) is 137 cm³/mol. The molecule has 9 heteroatoms. The van der Waals surface area contributed by atoms with Crippen LogP contribution < -0.4 is 15.6 Å². The topological polar surface area (TPSA) is 95.3 Å². The molecule has 0 bridgehead atoms. The minimum absolute atomic E-state index is 0.0749. The van der Waals surface area contributed by atoms with Crippen molar-refractivity contribution in [2.75, 3.05) is 12.4 Å². The number of esters is 1. The molecule has 0 fully saturated rings. The molecule has 0 aliphatic carbocycles. The average molecular weight is 493 g/mol. The Labute approximate surface area is 207 Å². The quantitative estimate of drug-likeness (QED) is 0.292. The van der Waals surface area contributed by atoms with Gasteiger partial charge in [0.2, 0.25) is 0 Å². The Morgan fingerprint density at radius 2 is 1.91 bits per heavy atom. The highest BCUT2D eigenvalue weighted by Gasteiger charge is 2.14. The molecule has 35 heavy (non-hydrogen) atoms. The van der Waals surface area contributed by atoms with Gasteiger partial charge in [-0.3, -0.25) is 9.59 Å². The van der Waals surface area contributed by atoms with Crippen molar-refractivity contribution in [1.82, 2.24) is 14.5 Å². The Kier molecular flexibility index (Phi) is 8.10. The van der Waals surface area contributed by atoms with E-state index in [0.29, 0.717) is 23.1 Å². The number of hydrogen-bond donors (Lipinski definition) is 1. The van der Waals surface area contributed by atoms with Gasteiger partial charge in [0.05, 0.1) is 30.3 Å². The number of aryl methyl sites for hydroxylation is 2. The number of methoxy groups -OCH3 is 1. The third kappa shape index (κ3) is 6.24. The summed E-state index contributed by atoms with van der Waals surface area (Å²) in [6, 6.07) is 15.1. The molecular formula is C26H28N4O4S. The zero-order valence-corrected chi connectivity index (χ0v) is 20.6. The largest absolute Gasteiger partial charge is 0.497 e. The molecule has 1 N–H and O–H groups in total. The summed E-state index contributed by atoms with van der Waals surface area (Å²) in [4.78, 5) is 34.3. The van der Waals surface area contributed by atoms with Crippen LogP contribution in [0.5, 0.6) is 5.75 Å². The standard InChI is InChI=1S/C26H28N4O4S/c1-3-4-15-30-23-8-6-5-7-21(23)29-22(25(30)32)13-14-24(31)34-16-19-17-35-26(28-19)27-18-9-11-20(33-2)12-10-18/h5-12,17H,3-4,13-16H2,1-2H3,(H,27,28). The van der Waals surface area contributed by atoms with E-state index in [1.165, 1.54) is 11.3 Å². The lowest BCUT2D eigenvalue weighted by Crippen LogP contribution is -2.26. The average Bonchev–Trinajstić information content (AvgIpc) is 3.33. The number of thiazole rings is 1. The van der Waals surface area contributed by atoms with Crippen LogP contribution in [0, 0.1) is 0 Å². The van der Waals surface area contributed by atoms with Crippen molar-refractivity contribution >= 4 is 39.2 Å². The summed E-state index contributed by atoms with van der Waals surface area (Å²) in [5.74, 6) is 0.387. The Morgan fingerprint density at radius 1 is 1.11 bits per heavy atom. The number of para-hydroxylation sites is 2. The van der Waals surface area contributed by atoms with Crippen molar-refractivity contribution in [3.63, 3.8) is 0 Å². The number of carbonyl (C=O) groups is 1. The van der Waals surface area contributed by atoms with Crippen molar-refractivity contribution < 1.29 is 14.3 Å². The molecule has 0 atom stereocenters. The number of hydrogen-bond acceptors (Lipinski definition) is 8. The molecule has 8 nitrogen and oxygen atoms in total. The van der Waals surface area contributed by atoms with Gasteiger partial charge < -0.3 is 19.4 Å². The molecule has 182 valence electrons. The highest BCUT2D eigenvalue weighted by atomic mass is 32.1. The third-order valence-corrected chi connectivity index (χ3v) is 6.30. The molecule has 2 aromatic heterocycles. The van der Waals surface area contributed by atoms with E-state index in [0.717, 1.165) is 35.3 Å². The van der Waals surface area contributed by atoms with E-state index in [4.69, 9.17) is 9.47 Å². The van der Waals surface area contributed by atoms with E-state index in [1.807, 2.05) is 53.9 Å². The van der Waals surface area contributed by atoms with Gasteiger partial charge in [0.25, 0.3) is 5.56 Å². The van der Waals surface area contributed by atoms with Crippen LogP contribution in [0.1, 0.15) is 37.6 Å². The zero-order chi connectivity index (χ0) is 24.6. The normalized spacial score (nSPS) is 10.9. The van der Waals surface area contributed by atoms with Gasteiger partial charge in [-0.25, -0.2) is 9.97 Å². The lowest BCUT2D eigenvalue weighted by atomic mass is 10.2. The van der Waals surface area contributed by atoms with Crippen LogP contribution in [-0.4, -0.2) is 27.6 Å². The monoisotopic (exact) mass is 492 g/mol. The number of carbonyl (C=O) groups excluding carboxylic acids is 1. The lowest BCUT2D eigenvalue weighted by Gasteiger charge is -2.11. The van der Waals surface area contributed by atoms with E-state index in [1.54, 1.807) is 11.7 Å². The highest BCUT2D eigenvalue weighted by molar-refractivity contribution is 7.13. The van der Waals surface area contributed by atoms with Gasteiger partial charge in [-0.1, -0.05) is 25.5 Å². The van der Waals surface area contributed by atoms with Gasteiger partial charge in [0.15, 0.2) is 5.13 Å². The Hall–Kier alpha value is -3.72. The van der Waals surface area contributed by atoms with E-state index in [2.05, 4.69) is 22.2 Å². The van der Waals surface area contributed by atoms with Gasteiger partial charge in [-0.05, 0) is 42.8 Å². The first-order valence-corrected chi connectivity index (χ1v) is 12.4. The lowest BCUT2D eigenvalue weighted by molar-refractivity contribution is -0.145. The van der Waals surface area contributed by atoms with Gasteiger partial charge >= 0.3 is 5.97 Å². The van der Waals surface area contributed by atoms with Crippen LogP contribution >= 0.6 is 11.3 Å². The first-order valence-electron chi connectivity index (χ1n) is 11.6. The summed E-state index contributed by atoms with van der Waals surface area (Å²) in [7, 11) is 1.62. The maximum Gasteiger partial charge on any atom is 0.306 e. The number of rotatable bonds is 11. The maximum atomic E-state index is 13.0. The number of benzene rings is 2. The van der Waals surface area contributed by atoms with Crippen molar-refractivity contribution in [3.8, 4) is 5.75 Å². The van der Waals surface area contributed by atoms with Crippen molar-refractivity contribution in [1.29, 1.82) is 0 Å². The Morgan fingerprint density at radius 3 is 2.69 bits per heavy atom. The maximum absolute atomic E-state index is 13.0. The van der Waals surface area contributed by atoms with E-state index >= 15 is 0 Å².